The van der Waals surface area contributed by atoms with Crippen molar-refractivity contribution in [1.29, 1.82) is 0 Å². The first kappa shape index (κ1) is 17.9. The van der Waals surface area contributed by atoms with Gasteiger partial charge in [0.15, 0.2) is 0 Å². The van der Waals surface area contributed by atoms with Crippen LogP contribution in [0.1, 0.15) is 22.6 Å². The van der Waals surface area contributed by atoms with Gasteiger partial charge in [0.2, 0.25) is 0 Å². The highest BCUT2D eigenvalue weighted by Gasteiger charge is 2.28. The topological polar surface area (TPSA) is 58.6 Å². The molecule has 0 aromatic heterocycles. The van der Waals surface area contributed by atoms with Crippen LogP contribution in [0.25, 0.3) is 17.2 Å². The van der Waals surface area contributed by atoms with E-state index in [2.05, 4.69) is 29.6 Å². The molecular formula is C24H21NO3. The van der Waals surface area contributed by atoms with E-state index in [1.165, 1.54) is 22.3 Å². The van der Waals surface area contributed by atoms with Gasteiger partial charge >= 0.3 is 6.09 Å². The summed E-state index contributed by atoms with van der Waals surface area (Å²) >= 11 is 0. The fourth-order valence-corrected chi connectivity index (χ4v) is 3.57. The molecule has 0 radical (unpaired) electrons. The maximum atomic E-state index is 12.1. The first-order chi connectivity index (χ1) is 13.7. The average Bonchev–Trinajstić information content (AvgIpc) is 3.05. The second-order valence-electron chi connectivity index (χ2n) is 6.70. The van der Waals surface area contributed by atoms with Crippen LogP contribution < -0.4 is 5.32 Å². The molecule has 0 saturated heterocycles. The van der Waals surface area contributed by atoms with Gasteiger partial charge in [0, 0.05) is 12.5 Å². The molecule has 0 spiro atoms. The van der Waals surface area contributed by atoms with Gasteiger partial charge in [0.05, 0.1) is 0 Å². The standard InChI is InChI=1S/C24H21NO3/c26-18-13-11-17(12-14-18)6-5-15-25-24(27)28-16-23-21-9-3-1-7-19(21)20-8-2-4-10-22(20)23/h1-14,23,26H,15-16H2,(H,25,27). The quantitative estimate of drug-likeness (QED) is 0.668. The van der Waals surface area contributed by atoms with Crippen molar-refractivity contribution in [3.63, 3.8) is 0 Å². The van der Waals surface area contributed by atoms with E-state index in [0.717, 1.165) is 5.56 Å². The molecule has 4 nitrogen and oxygen atoms in total. The summed E-state index contributed by atoms with van der Waals surface area (Å²) < 4.78 is 5.49. The molecule has 28 heavy (non-hydrogen) atoms. The molecule has 0 atom stereocenters. The molecular weight excluding hydrogens is 350 g/mol. The van der Waals surface area contributed by atoms with Crippen LogP contribution >= 0.6 is 0 Å². The first-order valence-corrected chi connectivity index (χ1v) is 9.27. The van der Waals surface area contributed by atoms with Crippen molar-refractivity contribution < 1.29 is 14.6 Å². The molecule has 1 aliphatic rings. The first-order valence-electron chi connectivity index (χ1n) is 9.27. The maximum absolute atomic E-state index is 12.1. The summed E-state index contributed by atoms with van der Waals surface area (Å²) in [5.41, 5.74) is 5.77. The van der Waals surface area contributed by atoms with Crippen LogP contribution in [0, 0.1) is 0 Å². The Morgan fingerprint density at radius 3 is 2.18 bits per heavy atom. The number of rotatable bonds is 5. The minimum atomic E-state index is -0.433. The Kier molecular flexibility index (Phi) is 5.11. The summed E-state index contributed by atoms with van der Waals surface area (Å²) in [6.07, 6.45) is 3.29. The molecule has 0 aliphatic heterocycles. The van der Waals surface area contributed by atoms with Gasteiger partial charge in [0.25, 0.3) is 0 Å². The highest BCUT2D eigenvalue weighted by molar-refractivity contribution is 5.79. The van der Waals surface area contributed by atoms with Gasteiger partial charge in [-0.05, 0) is 39.9 Å². The number of phenols is 1. The van der Waals surface area contributed by atoms with Crippen LogP contribution in [0.4, 0.5) is 4.79 Å². The summed E-state index contributed by atoms with van der Waals surface area (Å²) in [6.45, 7) is 0.680. The number of ether oxygens (including phenoxy) is 1. The number of carbonyl (C=O) groups is 1. The van der Waals surface area contributed by atoms with Crippen LogP contribution in [0.5, 0.6) is 5.75 Å². The van der Waals surface area contributed by atoms with Gasteiger partial charge in [-0.25, -0.2) is 4.79 Å². The number of fused-ring (bicyclic) bond motifs is 3. The van der Waals surface area contributed by atoms with Gasteiger partial charge in [0.1, 0.15) is 12.4 Å². The lowest BCUT2D eigenvalue weighted by Crippen LogP contribution is -2.26. The second-order valence-corrected chi connectivity index (χ2v) is 6.70. The molecule has 4 heteroatoms. The Morgan fingerprint density at radius 2 is 1.54 bits per heavy atom. The Bertz CT molecular complexity index is 963. The molecule has 0 heterocycles. The zero-order valence-electron chi connectivity index (χ0n) is 15.3. The van der Waals surface area contributed by atoms with E-state index in [1.807, 2.05) is 36.4 Å². The molecule has 0 bridgehead atoms. The fourth-order valence-electron chi connectivity index (χ4n) is 3.57. The molecule has 0 unspecified atom stereocenters. The fraction of sp³-hybridized carbons (Fsp3) is 0.125. The van der Waals surface area contributed by atoms with Crippen LogP contribution in [0.15, 0.2) is 78.9 Å². The van der Waals surface area contributed by atoms with Crippen molar-refractivity contribution in [3.05, 3.63) is 95.6 Å². The lowest BCUT2D eigenvalue weighted by atomic mass is 9.98. The molecule has 1 amide bonds. The minimum Gasteiger partial charge on any atom is -0.508 e. The smallest absolute Gasteiger partial charge is 0.407 e. The zero-order chi connectivity index (χ0) is 19.3. The van der Waals surface area contributed by atoms with E-state index < -0.39 is 6.09 Å². The maximum Gasteiger partial charge on any atom is 0.407 e. The number of nitrogens with one attached hydrogen (secondary N) is 1. The normalized spacial score (nSPS) is 12.6. The third-order valence-electron chi connectivity index (χ3n) is 4.91. The lowest BCUT2D eigenvalue weighted by Gasteiger charge is -2.14. The third kappa shape index (κ3) is 3.76. The number of hydrogen-bond acceptors (Lipinski definition) is 3. The summed E-state index contributed by atoms with van der Waals surface area (Å²) in [5.74, 6) is 0.291. The Hall–Kier alpha value is -3.53. The molecule has 3 aromatic rings. The molecule has 0 saturated carbocycles. The number of carbonyl (C=O) groups excluding carboxylic acids is 1. The number of amides is 1. The number of phenolic OH excluding ortho intramolecular Hbond substituents is 1. The molecule has 1 aliphatic carbocycles. The lowest BCUT2D eigenvalue weighted by molar-refractivity contribution is 0.144. The average molecular weight is 371 g/mol. The van der Waals surface area contributed by atoms with Gasteiger partial charge in [-0.15, -0.1) is 0 Å². The number of aromatic hydroxyl groups is 1. The third-order valence-corrected chi connectivity index (χ3v) is 4.91. The number of alkyl carbamates (subject to hydrolysis) is 1. The van der Waals surface area contributed by atoms with Crippen molar-refractivity contribution in [2.24, 2.45) is 0 Å². The molecule has 4 rings (SSSR count). The van der Waals surface area contributed by atoms with Crippen LogP contribution in [0.3, 0.4) is 0 Å². The van der Waals surface area contributed by atoms with E-state index in [-0.39, 0.29) is 11.7 Å². The number of hydrogen-bond donors (Lipinski definition) is 2. The Morgan fingerprint density at radius 1 is 0.929 bits per heavy atom. The van der Waals surface area contributed by atoms with Crippen molar-refractivity contribution >= 4 is 12.2 Å². The SMILES string of the molecule is O=C(NCC=Cc1ccc(O)cc1)OCC1c2ccccc2-c2ccccc21. The van der Waals surface area contributed by atoms with E-state index >= 15 is 0 Å². The van der Waals surface area contributed by atoms with E-state index in [0.29, 0.717) is 13.2 Å². The van der Waals surface area contributed by atoms with Crippen molar-refractivity contribution in [2.45, 2.75) is 5.92 Å². The van der Waals surface area contributed by atoms with Crippen LogP contribution in [-0.2, 0) is 4.74 Å². The van der Waals surface area contributed by atoms with E-state index in [4.69, 9.17) is 4.74 Å². The second kappa shape index (κ2) is 8.01. The summed E-state index contributed by atoms with van der Waals surface area (Å²) in [5, 5.41) is 12.0. The minimum absolute atomic E-state index is 0.0608. The van der Waals surface area contributed by atoms with Crippen molar-refractivity contribution in [3.8, 4) is 16.9 Å². The molecule has 140 valence electrons. The van der Waals surface area contributed by atoms with Crippen molar-refractivity contribution in [2.75, 3.05) is 13.2 Å². The van der Waals surface area contributed by atoms with Gasteiger partial charge < -0.3 is 15.2 Å². The van der Waals surface area contributed by atoms with Gasteiger partial charge in [-0.3, -0.25) is 0 Å². The summed E-state index contributed by atoms with van der Waals surface area (Å²) in [7, 11) is 0. The predicted octanol–water partition coefficient (Wildman–Crippen LogP) is 4.94. The molecule has 3 aromatic carbocycles. The Labute approximate surface area is 164 Å². The van der Waals surface area contributed by atoms with Crippen molar-refractivity contribution in [1.82, 2.24) is 5.32 Å². The molecule has 2 N–H and O–H groups in total. The van der Waals surface area contributed by atoms with Crippen LogP contribution in [-0.4, -0.2) is 24.4 Å². The summed E-state index contributed by atoms with van der Waals surface area (Å²) in [4.78, 5) is 12.1. The zero-order valence-corrected chi connectivity index (χ0v) is 15.3. The van der Waals surface area contributed by atoms with E-state index in [1.54, 1.807) is 24.3 Å². The van der Waals surface area contributed by atoms with Crippen LogP contribution in [0.2, 0.25) is 0 Å². The Balaban J connectivity index is 1.33. The summed E-state index contributed by atoms with van der Waals surface area (Å²) in [6, 6.07) is 23.4. The van der Waals surface area contributed by atoms with Gasteiger partial charge in [-0.1, -0.05) is 72.8 Å². The van der Waals surface area contributed by atoms with Gasteiger partial charge in [-0.2, -0.15) is 0 Å². The number of benzene rings is 3. The molecule has 0 fully saturated rings. The monoisotopic (exact) mass is 371 g/mol. The highest BCUT2D eigenvalue weighted by atomic mass is 16.5. The highest BCUT2D eigenvalue weighted by Crippen LogP contribution is 2.44. The predicted molar refractivity (Wildman–Crippen MR) is 110 cm³/mol. The largest absolute Gasteiger partial charge is 0.508 e. The van der Waals surface area contributed by atoms with E-state index in [9.17, 15) is 9.90 Å².